The maximum absolute atomic E-state index is 14.1. The molecule has 0 bridgehead atoms. The Kier molecular flexibility index (Phi) is 7.91. The van der Waals surface area contributed by atoms with Crippen LogP contribution in [-0.2, 0) is 25.5 Å². The summed E-state index contributed by atoms with van der Waals surface area (Å²) >= 11 is 1.24. The van der Waals surface area contributed by atoms with E-state index in [1.165, 1.54) is 11.3 Å². The SMILES string of the molecule is COC1=C[C@]23CCCN2CCc2cc4c(cc2[C@@H]3[C@@H]1OC(=O)[C@@](O)(CCCC(C)(C)O)CC(=O)Nc1nccs1)OCO4. The normalized spacial score (nSPS) is 25.6. The number of rotatable bonds is 10. The highest BCUT2D eigenvalue weighted by Crippen LogP contribution is 2.55. The Morgan fingerprint density at radius 2 is 2.00 bits per heavy atom. The zero-order valence-electron chi connectivity index (χ0n) is 24.8. The van der Waals surface area contributed by atoms with Gasteiger partial charge in [0.15, 0.2) is 28.3 Å². The van der Waals surface area contributed by atoms with Crippen molar-refractivity contribution in [2.45, 2.75) is 87.6 Å². The van der Waals surface area contributed by atoms with Crippen molar-refractivity contribution in [3.8, 4) is 11.5 Å². The van der Waals surface area contributed by atoms with E-state index in [9.17, 15) is 19.8 Å². The molecular weight excluding hydrogens is 574 g/mol. The summed E-state index contributed by atoms with van der Waals surface area (Å²) in [5.41, 5.74) is -1.48. The van der Waals surface area contributed by atoms with Gasteiger partial charge in [0.2, 0.25) is 12.7 Å². The van der Waals surface area contributed by atoms with E-state index in [0.29, 0.717) is 35.2 Å². The topological polar surface area (TPSA) is 140 Å². The van der Waals surface area contributed by atoms with E-state index < -0.39 is 41.1 Å². The second-order valence-electron chi connectivity index (χ2n) is 12.6. The second kappa shape index (κ2) is 11.4. The van der Waals surface area contributed by atoms with Gasteiger partial charge in [-0.25, -0.2) is 9.78 Å². The average Bonchev–Trinajstić information content (AvgIpc) is 3.73. The summed E-state index contributed by atoms with van der Waals surface area (Å²) in [5, 5.41) is 26.8. The molecule has 1 fully saturated rings. The Bertz CT molecular complexity index is 1410. The van der Waals surface area contributed by atoms with Crippen LogP contribution in [0.5, 0.6) is 11.5 Å². The van der Waals surface area contributed by atoms with E-state index in [4.69, 9.17) is 18.9 Å². The number of hydrogen-bond donors (Lipinski definition) is 3. The first-order chi connectivity index (χ1) is 20.5. The number of benzene rings is 1. The Morgan fingerprint density at radius 1 is 1.21 bits per heavy atom. The van der Waals surface area contributed by atoms with Crippen molar-refractivity contribution in [3.63, 3.8) is 0 Å². The van der Waals surface area contributed by atoms with Gasteiger partial charge in [-0.05, 0) is 88.3 Å². The van der Waals surface area contributed by atoms with Gasteiger partial charge in [0, 0.05) is 18.1 Å². The number of aromatic nitrogens is 1. The number of fused-ring (bicyclic) bond motifs is 3. The molecule has 1 aromatic carbocycles. The fourth-order valence-corrected chi connectivity index (χ4v) is 7.65. The van der Waals surface area contributed by atoms with Crippen LogP contribution in [0.3, 0.4) is 0 Å². The molecule has 232 valence electrons. The number of carbonyl (C=O) groups excluding carboxylic acids is 2. The quantitative estimate of drug-likeness (QED) is 0.341. The first-order valence-corrected chi connectivity index (χ1v) is 15.7. The number of nitrogens with one attached hydrogen (secondary N) is 1. The van der Waals surface area contributed by atoms with Crippen LogP contribution in [0, 0.1) is 0 Å². The average molecular weight is 614 g/mol. The molecule has 1 aliphatic carbocycles. The summed E-state index contributed by atoms with van der Waals surface area (Å²) < 4.78 is 23.5. The number of carbonyl (C=O) groups is 2. The molecule has 12 heteroatoms. The summed E-state index contributed by atoms with van der Waals surface area (Å²) in [6.07, 6.45) is 5.49. The third-order valence-corrected chi connectivity index (χ3v) is 9.78. The number of ether oxygens (including phenoxy) is 4. The molecule has 0 saturated carbocycles. The smallest absolute Gasteiger partial charge is 0.339 e. The molecule has 1 aromatic heterocycles. The number of esters is 1. The third kappa shape index (κ3) is 5.73. The minimum absolute atomic E-state index is 0.0724. The van der Waals surface area contributed by atoms with Crippen molar-refractivity contribution >= 4 is 28.3 Å². The molecule has 1 amide bonds. The standard InChI is InChI=1S/C31H39N3O8S/c1-29(2,37)7-4-9-31(38,17-24(35)33-28-32-10-13-43-28)27(36)42-26-23(39-3)16-30-8-5-11-34(30)12-6-19-14-21-22(41-18-40-21)15-20(19)25(26)30/h10,13-16,25-26,37-38H,4-9,11-12,17-18H2,1-3H3,(H,32,33,35)/t25-,26-,30+,31-/m1/s1. The van der Waals surface area contributed by atoms with Crippen LogP contribution in [-0.4, -0.2) is 81.8 Å². The lowest BCUT2D eigenvalue weighted by atomic mass is 9.77. The summed E-state index contributed by atoms with van der Waals surface area (Å²) in [6.45, 7) is 5.21. The van der Waals surface area contributed by atoms with Gasteiger partial charge < -0.3 is 34.5 Å². The van der Waals surface area contributed by atoms with Crippen LogP contribution in [0.25, 0.3) is 0 Å². The van der Waals surface area contributed by atoms with Crippen LogP contribution >= 0.6 is 11.3 Å². The van der Waals surface area contributed by atoms with Gasteiger partial charge in [-0.1, -0.05) is 0 Å². The second-order valence-corrected chi connectivity index (χ2v) is 13.4. The van der Waals surface area contributed by atoms with Crippen LogP contribution in [0.15, 0.2) is 35.5 Å². The molecule has 6 rings (SSSR count). The van der Waals surface area contributed by atoms with Crippen molar-refractivity contribution in [3.05, 3.63) is 46.7 Å². The Morgan fingerprint density at radius 3 is 2.72 bits per heavy atom. The highest BCUT2D eigenvalue weighted by atomic mass is 32.1. The van der Waals surface area contributed by atoms with E-state index in [2.05, 4.69) is 21.3 Å². The van der Waals surface area contributed by atoms with Crippen molar-refractivity contribution in [2.24, 2.45) is 0 Å². The van der Waals surface area contributed by atoms with Gasteiger partial charge in [0.1, 0.15) is 5.76 Å². The maximum atomic E-state index is 14.1. The molecule has 3 aliphatic heterocycles. The summed E-state index contributed by atoms with van der Waals surface area (Å²) in [7, 11) is 1.56. The predicted octanol–water partition coefficient (Wildman–Crippen LogP) is 3.50. The van der Waals surface area contributed by atoms with Gasteiger partial charge in [-0.3, -0.25) is 9.69 Å². The monoisotopic (exact) mass is 613 g/mol. The predicted molar refractivity (Wildman–Crippen MR) is 158 cm³/mol. The van der Waals surface area contributed by atoms with Gasteiger partial charge in [-0.15, -0.1) is 11.3 Å². The van der Waals surface area contributed by atoms with Crippen molar-refractivity contribution in [2.75, 3.05) is 32.3 Å². The number of anilines is 1. The molecule has 0 radical (unpaired) electrons. The molecular formula is C31H39N3O8S. The zero-order valence-corrected chi connectivity index (χ0v) is 25.6. The highest BCUT2D eigenvalue weighted by molar-refractivity contribution is 7.13. The fraction of sp³-hybridized carbons (Fsp3) is 0.581. The lowest BCUT2D eigenvalue weighted by molar-refractivity contribution is -0.175. The van der Waals surface area contributed by atoms with E-state index in [1.807, 2.05) is 12.1 Å². The van der Waals surface area contributed by atoms with Gasteiger partial charge in [0.05, 0.1) is 30.6 Å². The number of aliphatic hydroxyl groups is 2. The summed E-state index contributed by atoms with van der Waals surface area (Å²) in [4.78, 5) is 33.6. The zero-order chi connectivity index (χ0) is 30.4. The van der Waals surface area contributed by atoms with E-state index in [1.54, 1.807) is 32.5 Å². The van der Waals surface area contributed by atoms with E-state index in [0.717, 1.165) is 43.5 Å². The third-order valence-electron chi connectivity index (χ3n) is 9.09. The molecule has 3 N–H and O–H groups in total. The van der Waals surface area contributed by atoms with E-state index >= 15 is 0 Å². The number of nitrogens with zero attached hydrogens (tertiary/aromatic N) is 2. The lowest BCUT2D eigenvalue weighted by Crippen LogP contribution is -2.49. The molecule has 0 unspecified atom stereocenters. The first-order valence-electron chi connectivity index (χ1n) is 14.8. The Hall–Kier alpha value is -3.19. The molecule has 4 heterocycles. The molecule has 2 aromatic rings. The van der Waals surface area contributed by atoms with Crippen LogP contribution in [0.4, 0.5) is 5.13 Å². The number of hydrogen-bond acceptors (Lipinski definition) is 11. The molecule has 43 heavy (non-hydrogen) atoms. The molecule has 4 atom stereocenters. The van der Waals surface area contributed by atoms with Crippen LogP contribution in [0.2, 0.25) is 0 Å². The van der Waals surface area contributed by atoms with Gasteiger partial charge in [0.25, 0.3) is 0 Å². The van der Waals surface area contributed by atoms with Crippen molar-refractivity contribution in [1.82, 2.24) is 9.88 Å². The minimum atomic E-state index is -2.14. The molecule has 1 saturated heterocycles. The minimum Gasteiger partial charge on any atom is -0.497 e. The maximum Gasteiger partial charge on any atom is 0.339 e. The first kappa shape index (κ1) is 29.9. The fourth-order valence-electron chi connectivity index (χ4n) is 7.11. The summed E-state index contributed by atoms with van der Waals surface area (Å²) in [5.74, 6) is 0.0932. The van der Waals surface area contributed by atoms with Gasteiger partial charge in [-0.2, -0.15) is 0 Å². The molecule has 11 nitrogen and oxygen atoms in total. The van der Waals surface area contributed by atoms with Crippen LogP contribution in [0.1, 0.15) is 69.4 Å². The largest absolute Gasteiger partial charge is 0.497 e. The van der Waals surface area contributed by atoms with Crippen molar-refractivity contribution < 1.29 is 38.7 Å². The molecule has 1 spiro atoms. The highest BCUT2D eigenvalue weighted by Gasteiger charge is 2.59. The Labute approximate surface area is 254 Å². The van der Waals surface area contributed by atoms with Gasteiger partial charge >= 0.3 is 5.97 Å². The number of methoxy groups -OCH3 is 1. The number of thiazole rings is 1. The van der Waals surface area contributed by atoms with Crippen molar-refractivity contribution in [1.29, 1.82) is 0 Å². The van der Waals surface area contributed by atoms with Crippen LogP contribution < -0.4 is 14.8 Å². The lowest BCUT2D eigenvalue weighted by Gasteiger charge is -2.39. The number of amides is 1. The summed E-state index contributed by atoms with van der Waals surface area (Å²) in [6, 6.07) is 4.02. The van der Waals surface area contributed by atoms with E-state index in [-0.39, 0.29) is 19.1 Å². The Balaban J connectivity index is 1.32. The molecule has 4 aliphatic rings.